The lowest BCUT2D eigenvalue weighted by Gasteiger charge is -2.11. The molecule has 222 valence electrons. The van der Waals surface area contributed by atoms with Gasteiger partial charge in [0.25, 0.3) is 0 Å². The van der Waals surface area contributed by atoms with Crippen molar-refractivity contribution in [1.29, 1.82) is 0 Å². The number of nitrogens with two attached hydrogens (primary N) is 1. The molecule has 0 amide bonds. The quantitative estimate of drug-likeness (QED) is 0.173. The van der Waals surface area contributed by atoms with Gasteiger partial charge >= 0.3 is 0 Å². The zero-order valence-corrected chi connectivity index (χ0v) is 25.2. The minimum Gasteiger partial charge on any atom is -0.363 e. The molecule has 43 heavy (non-hydrogen) atoms. The highest BCUT2D eigenvalue weighted by Crippen LogP contribution is 2.39. The van der Waals surface area contributed by atoms with Crippen molar-refractivity contribution in [2.75, 3.05) is 0 Å². The summed E-state index contributed by atoms with van der Waals surface area (Å²) in [5.41, 5.74) is 6.95. The maximum atomic E-state index is 15.3. The second-order valence-electron chi connectivity index (χ2n) is 11.1. The lowest BCUT2D eigenvalue weighted by molar-refractivity contribution is -0.0454. The molecule has 5 aromatic rings. The Kier molecular flexibility index (Phi) is 8.10. The fourth-order valence-electron chi connectivity index (χ4n) is 5.40. The Labute approximate surface area is 254 Å². The predicted molar refractivity (Wildman–Crippen MR) is 163 cm³/mol. The van der Waals surface area contributed by atoms with Gasteiger partial charge in [0, 0.05) is 28.5 Å². The molecule has 0 aliphatic heterocycles. The van der Waals surface area contributed by atoms with Crippen LogP contribution in [0.2, 0.25) is 0 Å². The Balaban J connectivity index is 1.54. The lowest BCUT2D eigenvalue weighted by Crippen LogP contribution is -2.07. The first-order valence-corrected chi connectivity index (χ1v) is 15.9. The van der Waals surface area contributed by atoms with Crippen LogP contribution >= 0.6 is 11.3 Å². The molecule has 0 bridgehead atoms. The van der Waals surface area contributed by atoms with Crippen LogP contribution in [-0.2, 0) is 23.8 Å². The van der Waals surface area contributed by atoms with E-state index in [1.807, 2.05) is 32.0 Å². The van der Waals surface area contributed by atoms with Crippen LogP contribution in [-0.4, -0.2) is 29.2 Å². The summed E-state index contributed by atoms with van der Waals surface area (Å²) in [5.74, 6) is -0.569. The third-order valence-corrected chi connectivity index (χ3v) is 9.19. The molecule has 1 fully saturated rings. The van der Waals surface area contributed by atoms with E-state index in [0.717, 1.165) is 40.8 Å². The molecule has 3 aromatic carbocycles. The topological polar surface area (TPSA) is 114 Å². The van der Waals surface area contributed by atoms with Crippen molar-refractivity contribution in [2.24, 2.45) is 11.1 Å². The molecule has 6 rings (SSSR count). The van der Waals surface area contributed by atoms with Gasteiger partial charge in [-0.15, -0.1) is 11.3 Å². The summed E-state index contributed by atoms with van der Waals surface area (Å²) in [5, 5.41) is 31.8. The van der Waals surface area contributed by atoms with Crippen LogP contribution < -0.4 is 5.14 Å². The third kappa shape index (κ3) is 6.22. The summed E-state index contributed by atoms with van der Waals surface area (Å²) < 4.78 is 43.6. The van der Waals surface area contributed by atoms with Crippen molar-refractivity contribution in [3.63, 3.8) is 0 Å². The first-order chi connectivity index (χ1) is 20.6. The summed E-state index contributed by atoms with van der Waals surface area (Å²) in [6.45, 7) is 3.94. The molecule has 7 nitrogen and oxygen atoms in total. The Hall–Kier alpha value is -3.61. The van der Waals surface area contributed by atoms with Crippen molar-refractivity contribution in [3.8, 4) is 27.5 Å². The first kappa shape index (κ1) is 29.5. The number of benzene rings is 3. The molecule has 1 unspecified atom stereocenters. The number of aliphatic hydroxyl groups is 2. The molecular formula is C32H30F2N4O3S2. The van der Waals surface area contributed by atoms with Crippen molar-refractivity contribution >= 4 is 22.3 Å². The zero-order chi connectivity index (χ0) is 30.4. The number of hydrogen-bond acceptors (Lipinski definition) is 6. The zero-order valence-electron chi connectivity index (χ0n) is 23.6. The van der Waals surface area contributed by atoms with Crippen molar-refractivity contribution in [1.82, 2.24) is 14.8 Å². The van der Waals surface area contributed by atoms with Crippen molar-refractivity contribution in [2.45, 2.75) is 50.7 Å². The minimum atomic E-state index is -1.96. The normalized spacial score (nSPS) is 14.0. The summed E-state index contributed by atoms with van der Waals surface area (Å²) in [6, 6.07) is 15.3. The second-order valence-corrected chi connectivity index (χ2v) is 12.9. The van der Waals surface area contributed by atoms with Crippen LogP contribution in [0.3, 0.4) is 0 Å². The fourth-order valence-corrected chi connectivity index (χ4v) is 6.67. The number of halogens is 2. The molecule has 1 aliphatic carbocycles. The second kappa shape index (κ2) is 11.8. The molecule has 1 aliphatic rings. The van der Waals surface area contributed by atoms with Crippen LogP contribution in [0, 0.1) is 31.4 Å². The molecule has 1 saturated carbocycles. The summed E-state index contributed by atoms with van der Waals surface area (Å²) in [6.07, 6.45) is 1.40. The van der Waals surface area contributed by atoms with E-state index in [-0.39, 0.29) is 16.4 Å². The maximum absolute atomic E-state index is 15.3. The van der Waals surface area contributed by atoms with Gasteiger partial charge in [-0.05, 0) is 80.5 Å². The Morgan fingerprint density at radius 2 is 1.77 bits per heavy atom. The molecule has 0 saturated heterocycles. The van der Waals surface area contributed by atoms with Crippen LogP contribution in [0.15, 0.2) is 64.9 Å². The van der Waals surface area contributed by atoms with Crippen molar-refractivity contribution in [3.05, 3.63) is 105 Å². The molecule has 4 N–H and O–H groups in total. The highest BCUT2D eigenvalue weighted by molar-refractivity contribution is 7.82. The molecule has 1 atom stereocenters. The summed E-state index contributed by atoms with van der Waals surface area (Å²) >= 11 is 1.23. The number of thiazole rings is 1. The molecule has 2 aromatic heterocycles. The minimum absolute atomic E-state index is 0.0765. The van der Waals surface area contributed by atoms with Gasteiger partial charge < -0.3 is 10.2 Å². The van der Waals surface area contributed by atoms with Crippen LogP contribution in [0.5, 0.6) is 0 Å². The standard InChI is InChI=1S/C32H30F2N4O3S2/c1-17-9-18(2)11-22(10-17)23-15-21(6-7-25(23)33)30-24(12-20-5-8-29(43(35)41)26(34)13-20)28(14-19-3-4-19)38(37-30)32-36-27(16-42-32)31(39)40/h5-11,13,15-16,19,31,39-40H,3-4,12,14,35H2,1-2H3. The van der Waals surface area contributed by atoms with E-state index in [1.165, 1.54) is 29.5 Å². The van der Waals surface area contributed by atoms with E-state index in [9.17, 15) is 18.8 Å². The van der Waals surface area contributed by atoms with Crippen LogP contribution in [0.1, 0.15) is 52.8 Å². The monoisotopic (exact) mass is 620 g/mol. The smallest absolute Gasteiger partial charge is 0.210 e. The summed E-state index contributed by atoms with van der Waals surface area (Å²) in [4.78, 5) is 4.34. The van der Waals surface area contributed by atoms with Gasteiger partial charge in [-0.1, -0.05) is 35.4 Å². The number of hydrogen-bond donors (Lipinski definition) is 3. The Morgan fingerprint density at radius 3 is 2.40 bits per heavy atom. The molecular weight excluding hydrogens is 591 g/mol. The number of aromatic nitrogens is 3. The lowest BCUT2D eigenvalue weighted by atomic mass is 9.94. The third-order valence-electron chi connectivity index (χ3n) is 7.59. The number of aryl methyl sites for hydroxylation is 2. The molecule has 11 heteroatoms. The van der Waals surface area contributed by atoms with E-state index in [0.29, 0.717) is 46.3 Å². The average Bonchev–Trinajstić information content (AvgIpc) is 3.50. The van der Waals surface area contributed by atoms with Gasteiger partial charge in [-0.25, -0.2) is 27.8 Å². The fraction of sp³-hybridized carbons (Fsp3) is 0.250. The Morgan fingerprint density at radius 1 is 1.02 bits per heavy atom. The van der Waals surface area contributed by atoms with Gasteiger partial charge in [0.05, 0.1) is 16.3 Å². The van der Waals surface area contributed by atoms with E-state index in [4.69, 9.17) is 10.2 Å². The molecule has 2 heterocycles. The van der Waals surface area contributed by atoms with Gasteiger partial charge in [0.1, 0.15) is 28.3 Å². The van der Waals surface area contributed by atoms with Crippen LogP contribution in [0.25, 0.3) is 27.5 Å². The average molecular weight is 621 g/mol. The highest BCUT2D eigenvalue weighted by atomic mass is 32.2. The van der Waals surface area contributed by atoms with Crippen molar-refractivity contribution < 1.29 is 23.2 Å². The van der Waals surface area contributed by atoms with Gasteiger partial charge in [0.2, 0.25) is 5.13 Å². The van der Waals surface area contributed by atoms with E-state index in [2.05, 4.69) is 4.98 Å². The van der Waals surface area contributed by atoms with E-state index in [1.54, 1.807) is 28.3 Å². The largest absolute Gasteiger partial charge is 0.363 e. The van der Waals surface area contributed by atoms with Crippen LogP contribution in [0.4, 0.5) is 8.78 Å². The summed E-state index contributed by atoms with van der Waals surface area (Å²) in [7, 11) is -1.96. The van der Waals surface area contributed by atoms with Gasteiger partial charge in [-0.3, -0.25) is 0 Å². The highest BCUT2D eigenvalue weighted by Gasteiger charge is 2.29. The maximum Gasteiger partial charge on any atom is 0.210 e. The number of rotatable bonds is 9. The predicted octanol–water partition coefficient (Wildman–Crippen LogP) is 6.07. The molecule has 0 radical (unpaired) electrons. The van der Waals surface area contributed by atoms with E-state index >= 15 is 4.39 Å². The number of aliphatic hydroxyl groups excluding tert-OH is 1. The van der Waals surface area contributed by atoms with Gasteiger partial charge in [-0.2, -0.15) is 5.10 Å². The first-order valence-electron chi connectivity index (χ1n) is 13.8. The molecule has 0 spiro atoms. The SMILES string of the molecule is Cc1cc(C)cc(-c2cc(-c3nn(-c4nc(C(O)O)cs4)c(CC4CC4)c3Cc3ccc(S(N)=O)c(F)c3)ccc2F)c1. The Bertz CT molecular complexity index is 1840. The van der Waals surface area contributed by atoms with E-state index < -0.39 is 23.1 Å². The number of nitrogens with zero attached hydrogens (tertiary/aromatic N) is 3. The van der Waals surface area contributed by atoms with Gasteiger partial charge in [0.15, 0.2) is 6.29 Å².